The summed E-state index contributed by atoms with van der Waals surface area (Å²) in [5, 5.41) is 11.3. The zero-order chi connectivity index (χ0) is 27.8. The number of aliphatic carboxylic acids is 1. The SMILES string of the molecule is O=C(O)CCNC(=O)c1ccc(C[C@@H](c2ccccc2)c2ccc(-c3ccc(OC(F)(F)F)cc3)cc2)cc1. The highest BCUT2D eigenvalue weighted by molar-refractivity contribution is 5.94. The topological polar surface area (TPSA) is 75.6 Å². The number of halogens is 3. The number of alkyl halides is 3. The number of hydrogen-bond acceptors (Lipinski definition) is 3. The molecular formula is C31H26F3NO4. The monoisotopic (exact) mass is 533 g/mol. The minimum Gasteiger partial charge on any atom is -0.481 e. The van der Waals surface area contributed by atoms with Gasteiger partial charge >= 0.3 is 12.3 Å². The quantitative estimate of drug-likeness (QED) is 0.234. The summed E-state index contributed by atoms with van der Waals surface area (Å²) in [6.07, 6.45) is -4.20. The molecule has 5 nitrogen and oxygen atoms in total. The first-order valence-corrected chi connectivity index (χ1v) is 12.3. The zero-order valence-electron chi connectivity index (χ0n) is 20.8. The van der Waals surface area contributed by atoms with Gasteiger partial charge in [0, 0.05) is 18.0 Å². The standard InChI is InChI=1S/C31H26F3NO4/c32-31(33,34)39-27-16-14-23(15-17-27)22-10-12-25(13-11-22)28(24-4-2-1-3-5-24)20-21-6-8-26(9-7-21)30(38)35-19-18-29(36)37/h1-17,28H,18-20H2,(H,35,38)(H,36,37)/t28-/m0/s1. The molecule has 200 valence electrons. The molecule has 0 saturated carbocycles. The van der Waals surface area contributed by atoms with Crippen molar-refractivity contribution in [2.75, 3.05) is 6.54 Å². The summed E-state index contributed by atoms with van der Waals surface area (Å²) in [5.74, 6) is -1.54. The fourth-order valence-electron chi connectivity index (χ4n) is 4.28. The number of carbonyl (C=O) groups is 2. The predicted octanol–water partition coefficient (Wildman–Crippen LogP) is 6.83. The van der Waals surface area contributed by atoms with Gasteiger partial charge in [-0.1, -0.05) is 78.9 Å². The maximum Gasteiger partial charge on any atom is 0.573 e. The minimum atomic E-state index is -4.73. The molecule has 0 saturated heterocycles. The number of nitrogens with one attached hydrogen (secondary N) is 1. The number of ether oxygens (including phenoxy) is 1. The van der Waals surface area contributed by atoms with E-state index in [1.54, 1.807) is 24.3 Å². The van der Waals surface area contributed by atoms with Crippen molar-refractivity contribution in [2.24, 2.45) is 0 Å². The van der Waals surface area contributed by atoms with Gasteiger partial charge in [0.15, 0.2) is 0 Å². The Morgan fingerprint density at radius 2 is 1.33 bits per heavy atom. The number of carboxylic acids is 1. The Kier molecular flexibility index (Phi) is 8.66. The Labute approximate surface area is 223 Å². The third-order valence-electron chi connectivity index (χ3n) is 6.22. The molecule has 8 heteroatoms. The fourth-order valence-corrected chi connectivity index (χ4v) is 4.28. The van der Waals surface area contributed by atoms with Crippen LogP contribution in [0.3, 0.4) is 0 Å². The molecule has 4 aromatic rings. The Morgan fingerprint density at radius 1 is 0.769 bits per heavy atom. The summed E-state index contributed by atoms with van der Waals surface area (Å²) in [7, 11) is 0. The van der Waals surface area contributed by atoms with Crippen molar-refractivity contribution in [3.8, 4) is 16.9 Å². The molecule has 0 fully saturated rings. The van der Waals surface area contributed by atoms with E-state index in [2.05, 4.69) is 22.2 Å². The van der Waals surface area contributed by atoms with E-state index in [0.717, 1.165) is 27.8 Å². The molecule has 0 spiro atoms. The van der Waals surface area contributed by atoms with Crippen LogP contribution < -0.4 is 10.1 Å². The van der Waals surface area contributed by atoms with Crippen molar-refractivity contribution >= 4 is 11.9 Å². The number of benzene rings is 4. The third kappa shape index (κ3) is 7.95. The summed E-state index contributed by atoms with van der Waals surface area (Å²) in [6.45, 7) is 0.0630. The van der Waals surface area contributed by atoms with E-state index in [1.807, 2.05) is 54.6 Å². The normalized spacial score (nSPS) is 12.0. The Hall–Kier alpha value is -4.59. The lowest BCUT2D eigenvalue weighted by Gasteiger charge is -2.19. The van der Waals surface area contributed by atoms with Crippen LogP contribution in [-0.4, -0.2) is 29.9 Å². The second-order valence-electron chi connectivity index (χ2n) is 8.96. The molecule has 1 atom stereocenters. The summed E-state index contributed by atoms with van der Waals surface area (Å²) >= 11 is 0. The lowest BCUT2D eigenvalue weighted by atomic mass is 9.85. The van der Waals surface area contributed by atoms with Crippen molar-refractivity contribution in [1.82, 2.24) is 5.32 Å². The van der Waals surface area contributed by atoms with Gasteiger partial charge in [-0.15, -0.1) is 13.2 Å². The summed E-state index contributed by atoms with van der Waals surface area (Å²) in [4.78, 5) is 22.9. The van der Waals surface area contributed by atoms with Crippen LogP contribution in [0.1, 0.15) is 39.4 Å². The summed E-state index contributed by atoms with van der Waals surface area (Å²) in [6, 6.07) is 30.9. The number of hydrogen-bond donors (Lipinski definition) is 2. The fraction of sp³-hybridized carbons (Fsp3) is 0.161. The Morgan fingerprint density at radius 3 is 1.90 bits per heavy atom. The second kappa shape index (κ2) is 12.3. The van der Waals surface area contributed by atoms with E-state index in [-0.39, 0.29) is 30.5 Å². The van der Waals surface area contributed by atoms with Crippen LogP contribution in [0.4, 0.5) is 13.2 Å². The van der Waals surface area contributed by atoms with Gasteiger partial charge in [-0.25, -0.2) is 0 Å². The molecule has 4 aromatic carbocycles. The first kappa shape index (κ1) is 27.4. The molecule has 0 aliphatic heterocycles. The number of amides is 1. The van der Waals surface area contributed by atoms with E-state index in [1.165, 1.54) is 12.1 Å². The van der Waals surface area contributed by atoms with Crippen molar-refractivity contribution in [3.05, 3.63) is 125 Å². The first-order chi connectivity index (χ1) is 18.7. The van der Waals surface area contributed by atoms with E-state index >= 15 is 0 Å². The molecule has 0 radical (unpaired) electrons. The maximum absolute atomic E-state index is 12.4. The van der Waals surface area contributed by atoms with Crippen LogP contribution in [0.25, 0.3) is 11.1 Å². The highest BCUT2D eigenvalue weighted by atomic mass is 19.4. The average molecular weight is 534 g/mol. The lowest BCUT2D eigenvalue weighted by molar-refractivity contribution is -0.274. The molecule has 0 aliphatic carbocycles. The summed E-state index contributed by atoms with van der Waals surface area (Å²) in [5.41, 5.74) is 5.30. The van der Waals surface area contributed by atoms with Crippen LogP contribution in [-0.2, 0) is 11.2 Å². The van der Waals surface area contributed by atoms with E-state index < -0.39 is 12.3 Å². The number of rotatable bonds is 10. The van der Waals surface area contributed by atoms with Gasteiger partial charge in [-0.2, -0.15) is 0 Å². The van der Waals surface area contributed by atoms with E-state index in [4.69, 9.17) is 5.11 Å². The van der Waals surface area contributed by atoms with Gasteiger partial charge in [-0.3, -0.25) is 9.59 Å². The van der Waals surface area contributed by atoms with Gasteiger partial charge < -0.3 is 15.2 Å². The van der Waals surface area contributed by atoms with E-state index in [9.17, 15) is 22.8 Å². The van der Waals surface area contributed by atoms with E-state index in [0.29, 0.717) is 12.0 Å². The lowest BCUT2D eigenvalue weighted by Crippen LogP contribution is -2.25. The smallest absolute Gasteiger partial charge is 0.481 e. The van der Waals surface area contributed by atoms with Crippen LogP contribution in [0.2, 0.25) is 0 Å². The molecule has 2 N–H and O–H groups in total. The summed E-state index contributed by atoms with van der Waals surface area (Å²) < 4.78 is 41.3. The van der Waals surface area contributed by atoms with Crippen LogP contribution in [0, 0.1) is 0 Å². The molecule has 1 amide bonds. The second-order valence-corrected chi connectivity index (χ2v) is 8.96. The van der Waals surface area contributed by atoms with Gasteiger partial charge in [-0.05, 0) is 58.5 Å². The molecular weight excluding hydrogens is 507 g/mol. The van der Waals surface area contributed by atoms with Crippen LogP contribution >= 0.6 is 0 Å². The van der Waals surface area contributed by atoms with Crippen molar-refractivity contribution in [1.29, 1.82) is 0 Å². The Balaban J connectivity index is 1.50. The van der Waals surface area contributed by atoms with Crippen LogP contribution in [0.15, 0.2) is 103 Å². The van der Waals surface area contributed by atoms with Gasteiger partial charge in [0.1, 0.15) is 5.75 Å². The Bertz CT molecular complexity index is 1390. The highest BCUT2D eigenvalue weighted by Crippen LogP contribution is 2.32. The predicted molar refractivity (Wildman–Crippen MR) is 142 cm³/mol. The largest absolute Gasteiger partial charge is 0.573 e. The molecule has 0 aliphatic rings. The maximum atomic E-state index is 12.4. The molecule has 4 rings (SSSR count). The first-order valence-electron chi connectivity index (χ1n) is 12.3. The molecule has 0 aromatic heterocycles. The molecule has 0 bridgehead atoms. The average Bonchev–Trinajstić information content (AvgIpc) is 2.92. The number of carbonyl (C=O) groups excluding carboxylic acids is 1. The zero-order valence-corrected chi connectivity index (χ0v) is 20.8. The van der Waals surface area contributed by atoms with Gasteiger partial charge in [0.2, 0.25) is 0 Å². The minimum absolute atomic E-state index is 0.0260. The molecule has 0 heterocycles. The molecule has 39 heavy (non-hydrogen) atoms. The third-order valence-corrected chi connectivity index (χ3v) is 6.22. The molecule has 0 unspecified atom stereocenters. The highest BCUT2D eigenvalue weighted by Gasteiger charge is 2.31. The van der Waals surface area contributed by atoms with Gasteiger partial charge in [0.25, 0.3) is 5.91 Å². The van der Waals surface area contributed by atoms with Gasteiger partial charge in [0.05, 0.1) is 6.42 Å². The van der Waals surface area contributed by atoms with Crippen LogP contribution in [0.5, 0.6) is 5.75 Å². The number of carboxylic acid groups (broad SMARTS) is 1. The van der Waals surface area contributed by atoms with Crippen molar-refractivity contribution < 1.29 is 32.6 Å². The van der Waals surface area contributed by atoms with Crippen molar-refractivity contribution in [3.63, 3.8) is 0 Å². The van der Waals surface area contributed by atoms with Crippen molar-refractivity contribution in [2.45, 2.75) is 25.1 Å².